The highest BCUT2D eigenvalue weighted by Gasteiger charge is 2.37. The van der Waals surface area contributed by atoms with Gasteiger partial charge in [0.15, 0.2) is 0 Å². The SMILES string of the molecule is Cc1cccc(N2C(=O)NC(=O)/C(=C\c3cn(CCOc4ccc(C(C)(C)C)cc4)c4ccccc34)C2=O)c1. The number of para-hydroxylation sites is 1. The standard InChI is InChI=1S/C32H31N3O4/c1-21-8-7-9-24(18-21)35-30(37)27(29(36)33-31(35)38)19-22-20-34(28-11-6-5-10-26(22)28)16-17-39-25-14-12-23(13-15-25)32(2,3)4/h5-15,18-20H,16-17H2,1-4H3,(H,33,36,38)/b27-19+. The summed E-state index contributed by atoms with van der Waals surface area (Å²) in [6, 6.07) is 22.2. The number of aromatic nitrogens is 1. The number of amides is 4. The van der Waals surface area contributed by atoms with E-state index in [-0.39, 0.29) is 11.0 Å². The molecule has 0 unspecified atom stereocenters. The molecule has 5 rings (SSSR count). The van der Waals surface area contributed by atoms with Crippen molar-refractivity contribution >= 4 is 40.5 Å². The third kappa shape index (κ3) is 5.34. The number of urea groups is 1. The van der Waals surface area contributed by atoms with Crippen molar-refractivity contribution in [1.82, 2.24) is 9.88 Å². The number of fused-ring (bicyclic) bond motifs is 1. The zero-order valence-electron chi connectivity index (χ0n) is 22.5. The van der Waals surface area contributed by atoms with Crippen molar-refractivity contribution in [2.24, 2.45) is 0 Å². The van der Waals surface area contributed by atoms with Gasteiger partial charge in [0, 0.05) is 22.7 Å². The smallest absolute Gasteiger partial charge is 0.335 e. The maximum Gasteiger partial charge on any atom is 0.335 e. The van der Waals surface area contributed by atoms with Crippen LogP contribution in [-0.2, 0) is 21.5 Å². The molecule has 0 aliphatic carbocycles. The fourth-order valence-electron chi connectivity index (χ4n) is 4.70. The van der Waals surface area contributed by atoms with Crippen LogP contribution < -0.4 is 15.0 Å². The van der Waals surface area contributed by atoms with E-state index in [0.29, 0.717) is 24.4 Å². The molecule has 1 saturated heterocycles. The van der Waals surface area contributed by atoms with Gasteiger partial charge >= 0.3 is 6.03 Å². The highest BCUT2D eigenvalue weighted by molar-refractivity contribution is 6.39. The van der Waals surface area contributed by atoms with Crippen LogP contribution in [-0.4, -0.2) is 29.0 Å². The van der Waals surface area contributed by atoms with Crippen molar-refractivity contribution in [3.8, 4) is 5.75 Å². The molecular weight excluding hydrogens is 490 g/mol. The van der Waals surface area contributed by atoms with E-state index in [1.165, 1.54) is 5.56 Å². The number of imide groups is 2. The average molecular weight is 522 g/mol. The summed E-state index contributed by atoms with van der Waals surface area (Å²) in [6.45, 7) is 9.41. The largest absolute Gasteiger partial charge is 0.492 e. The second-order valence-electron chi connectivity index (χ2n) is 10.7. The number of hydrogen-bond acceptors (Lipinski definition) is 4. The molecule has 0 atom stereocenters. The van der Waals surface area contributed by atoms with E-state index in [2.05, 4.69) is 38.2 Å². The van der Waals surface area contributed by atoms with Crippen LogP contribution >= 0.6 is 0 Å². The molecule has 3 aromatic carbocycles. The van der Waals surface area contributed by atoms with Crippen LogP contribution in [0.4, 0.5) is 10.5 Å². The second kappa shape index (κ2) is 10.3. The molecule has 198 valence electrons. The van der Waals surface area contributed by atoms with Crippen LogP contribution in [0.25, 0.3) is 17.0 Å². The van der Waals surface area contributed by atoms with Crippen LogP contribution in [0.2, 0.25) is 0 Å². The third-order valence-electron chi connectivity index (χ3n) is 6.80. The van der Waals surface area contributed by atoms with E-state index in [9.17, 15) is 14.4 Å². The summed E-state index contributed by atoms with van der Waals surface area (Å²) in [5, 5.41) is 3.19. The zero-order valence-corrected chi connectivity index (χ0v) is 22.5. The first-order valence-electron chi connectivity index (χ1n) is 12.9. The monoisotopic (exact) mass is 521 g/mol. The molecule has 4 amide bonds. The van der Waals surface area contributed by atoms with Crippen LogP contribution in [0.1, 0.15) is 37.5 Å². The summed E-state index contributed by atoms with van der Waals surface area (Å²) in [5.74, 6) is -0.576. The second-order valence-corrected chi connectivity index (χ2v) is 10.7. The Morgan fingerprint density at radius 2 is 1.67 bits per heavy atom. The van der Waals surface area contributed by atoms with Gasteiger partial charge in [0.25, 0.3) is 11.8 Å². The molecular formula is C32H31N3O4. The molecule has 39 heavy (non-hydrogen) atoms. The van der Waals surface area contributed by atoms with Crippen molar-refractivity contribution in [3.05, 3.63) is 101 Å². The summed E-state index contributed by atoms with van der Waals surface area (Å²) >= 11 is 0. The van der Waals surface area contributed by atoms with Gasteiger partial charge in [-0.15, -0.1) is 0 Å². The predicted molar refractivity (Wildman–Crippen MR) is 153 cm³/mol. The number of nitrogens with one attached hydrogen (secondary N) is 1. The van der Waals surface area contributed by atoms with Crippen LogP contribution in [0.15, 0.2) is 84.6 Å². The van der Waals surface area contributed by atoms with Crippen molar-refractivity contribution in [2.75, 3.05) is 11.5 Å². The lowest BCUT2D eigenvalue weighted by molar-refractivity contribution is -0.122. The summed E-state index contributed by atoms with van der Waals surface area (Å²) in [7, 11) is 0. The van der Waals surface area contributed by atoms with Gasteiger partial charge in [-0.1, -0.05) is 63.2 Å². The van der Waals surface area contributed by atoms with E-state index in [1.54, 1.807) is 24.3 Å². The van der Waals surface area contributed by atoms with Crippen LogP contribution in [0, 0.1) is 6.92 Å². The first-order chi connectivity index (χ1) is 18.6. The molecule has 0 bridgehead atoms. The number of ether oxygens (including phenoxy) is 1. The van der Waals surface area contributed by atoms with Crippen LogP contribution in [0.3, 0.4) is 0 Å². The molecule has 0 spiro atoms. The Labute approximate surface area is 227 Å². The zero-order chi connectivity index (χ0) is 27.7. The molecule has 0 radical (unpaired) electrons. The molecule has 1 fully saturated rings. The summed E-state index contributed by atoms with van der Waals surface area (Å²) < 4.78 is 8.05. The van der Waals surface area contributed by atoms with Gasteiger partial charge in [0.2, 0.25) is 0 Å². The van der Waals surface area contributed by atoms with Gasteiger partial charge < -0.3 is 9.30 Å². The van der Waals surface area contributed by atoms with Gasteiger partial charge in [0.1, 0.15) is 17.9 Å². The van der Waals surface area contributed by atoms with Gasteiger partial charge in [-0.25, -0.2) is 9.69 Å². The Bertz CT molecular complexity index is 1610. The number of rotatable bonds is 6. The van der Waals surface area contributed by atoms with E-state index < -0.39 is 17.8 Å². The van der Waals surface area contributed by atoms with Gasteiger partial charge in [-0.05, 0) is 59.9 Å². The number of carbonyl (C=O) groups is 3. The van der Waals surface area contributed by atoms with Gasteiger partial charge in [-0.2, -0.15) is 0 Å². The molecule has 0 saturated carbocycles. The normalized spacial score (nSPS) is 15.2. The summed E-state index contributed by atoms with van der Waals surface area (Å²) in [4.78, 5) is 39.7. The molecule has 1 aliphatic rings. The minimum Gasteiger partial charge on any atom is -0.492 e. The maximum atomic E-state index is 13.4. The summed E-state index contributed by atoms with van der Waals surface area (Å²) in [5.41, 5.74) is 4.18. The van der Waals surface area contributed by atoms with E-state index in [4.69, 9.17) is 4.74 Å². The fraction of sp³-hybridized carbons (Fsp3) is 0.219. The molecule has 1 aromatic heterocycles. The number of barbiturate groups is 1. The molecule has 1 aliphatic heterocycles. The van der Waals surface area contributed by atoms with E-state index in [1.807, 2.05) is 60.2 Å². The lowest BCUT2D eigenvalue weighted by Gasteiger charge is -2.26. The van der Waals surface area contributed by atoms with E-state index in [0.717, 1.165) is 27.1 Å². The summed E-state index contributed by atoms with van der Waals surface area (Å²) in [6.07, 6.45) is 3.45. The highest BCUT2D eigenvalue weighted by Crippen LogP contribution is 2.28. The predicted octanol–water partition coefficient (Wildman–Crippen LogP) is 5.99. The Kier molecular flexibility index (Phi) is 6.83. The number of hydrogen-bond donors (Lipinski definition) is 1. The first kappa shape index (κ1) is 26.0. The lowest BCUT2D eigenvalue weighted by Crippen LogP contribution is -2.54. The Morgan fingerprint density at radius 3 is 2.38 bits per heavy atom. The Hall–Kier alpha value is -4.65. The molecule has 7 heteroatoms. The number of nitrogens with zero attached hydrogens (tertiary/aromatic N) is 2. The first-order valence-corrected chi connectivity index (χ1v) is 12.9. The molecule has 2 heterocycles. The van der Waals surface area contributed by atoms with Gasteiger partial charge in [-0.3, -0.25) is 14.9 Å². The minimum atomic E-state index is -0.761. The maximum absolute atomic E-state index is 13.4. The Balaban J connectivity index is 1.40. The topological polar surface area (TPSA) is 80.6 Å². The number of carbonyl (C=O) groups excluding carboxylic acids is 3. The van der Waals surface area contributed by atoms with Crippen LogP contribution in [0.5, 0.6) is 5.75 Å². The quantitative estimate of drug-likeness (QED) is 0.250. The van der Waals surface area contributed by atoms with Crippen molar-refractivity contribution in [1.29, 1.82) is 0 Å². The number of aryl methyl sites for hydroxylation is 1. The average Bonchev–Trinajstić information content (AvgIpc) is 3.24. The molecule has 4 aromatic rings. The Morgan fingerprint density at radius 1 is 0.923 bits per heavy atom. The van der Waals surface area contributed by atoms with Crippen molar-refractivity contribution in [3.63, 3.8) is 0 Å². The lowest BCUT2D eigenvalue weighted by atomic mass is 9.87. The minimum absolute atomic E-state index is 0.0779. The highest BCUT2D eigenvalue weighted by atomic mass is 16.5. The number of benzene rings is 3. The van der Waals surface area contributed by atoms with Crippen molar-refractivity contribution in [2.45, 2.75) is 39.7 Å². The third-order valence-corrected chi connectivity index (χ3v) is 6.80. The number of anilines is 1. The fourth-order valence-corrected chi connectivity index (χ4v) is 4.70. The van der Waals surface area contributed by atoms with Crippen molar-refractivity contribution < 1.29 is 19.1 Å². The molecule has 7 nitrogen and oxygen atoms in total. The van der Waals surface area contributed by atoms with E-state index >= 15 is 0 Å². The molecule has 1 N–H and O–H groups in total. The van der Waals surface area contributed by atoms with Gasteiger partial charge in [0.05, 0.1) is 12.2 Å².